The number of hydrogen-bond acceptors (Lipinski definition) is 4. The Hall–Kier alpha value is -1.76. The number of rotatable bonds is 2. The van der Waals surface area contributed by atoms with Gasteiger partial charge in [0.1, 0.15) is 12.4 Å². The van der Waals surface area contributed by atoms with Crippen LogP contribution in [0.1, 0.15) is 6.92 Å². The summed E-state index contributed by atoms with van der Waals surface area (Å²) in [5, 5.41) is 0. The number of carbonyl (C=O) groups excluding carboxylic acids is 1. The molecule has 7 heteroatoms. The van der Waals surface area contributed by atoms with Gasteiger partial charge in [-0.15, -0.1) is 0 Å². The Bertz CT molecular complexity index is 541. The molecule has 0 bridgehead atoms. The minimum atomic E-state index is -3.84. The molecule has 0 saturated carbocycles. The van der Waals surface area contributed by atoms with E-state index in [1.54, 1.807) is 24.3 Å². The van der Waals surface area contributed by atoms with Gasteiger partial charge in [0.05, 0.1) is 12.2 Å². The fourth-order valence-electron chi connectivity index (χ4n) is 1.63. The van der Waals surface area contributed by atoms with Gasteiger partial charge in [-0.3, -0.25) is 4.79 Å². The Morgan fingerprint density at radius 2 is 2.12 bits per heavy atom. The number of carbonyl (C=O) groups is 1. The lowest BCUT2D eigenvalue weighted by molar-refractivity contribution is -0.117. The topological polar surface area (TPSA) is 75.7 Å². The molecule has 0 atom stereocenters. The van der Waals surface area contributed by atoms with Crippen LogP contribution in [0.5, 0.6) is 5.75 Å². The van der Waals surface area contributed by atoms with Crippen LogP contribution in [0.3, 0.4) is 0 Å². The molecule has 1 amide bonds. The van der Waals surface area contributed by atoms with E-state index in [1.165, 1.54) is 0 Å². The molecular formula is C10H12N2O4S. The number of para-hydroxylation sites is 2. The van der Waals surface area contributed by atoms with Crippen molar-refractivity contribution in [3.8, 4) is 5.75 Å². The summed E-state index contributed by atoms with van der Waals surface area (Å²) >= 11 is 0. The summed E-state index contributed by atoms with van der Waals surface area (Å²) in [6.45, 7) is 1.60. The second-order valence-electron chi connectivity index (χ2n) is 3.55. The van der Waals surface area contributed by atoms with Crippen LogP contribution in [-0.2, 0) is 15.0 Å². The summed E-state index contributed by atoms with van der Waals surface area (Å²) < 4.78 is 32.2. The van der Waals surface area contributed by atoms with Crippen molar-refractivity contribution < 1.29 is 17.9 Å². The van der Waals surface area contributed by atoms with Gasteiger partial charge in [-0.1, -0.05) is 12.1 Å². The van der Waals surface area contributed by atoms with E-state index >= 15 is 0 Å². The zero-order valence-electron chi connectivity index (χ0n) is 9.21. The van der Waals surface area contributed by atoms with Crippen LogP contribution in [0.25, 0.3) is 0 Å². The first-order chi connectivity index (χ1) is 8.00. The number of nitrogens with zero attached hydrogens (tertiary/aromatic N) is 1. The quantitative estimate of drug-likeness (QED) is 0.824. The highest BCUT2D eigenvalue weighted by atomic mass is 32.2. The Morgan fingerprint density at radius 3 is 2.82 bits per heavy atom. The molecule has 0 fully saturated rings. The SMILES string of the molecule is CC(=O)NS(=O)(=O)N1CCOc2ccccc21. The van der Waals surface area contributed by atoms with Gasteiger partial charge in [-0.25, -0.2) is 9.03 Å². The molecule has 92 valence electrons. The van der Waals surface area contributed by atoms with Crippen LogP contribution >= 0.6 is 0 Å². The van der Waals surface area contributed by atoms with Gasteiger partial charge in [0, 0.05) is 6.92 Å². The highest BCUT2D eigenvalue weighted by Crippen LogP contribution is 2.32. The third-order valence-electron chi connectivity index (χ3n) is 2.25. The summed E-state index contributed by atoms with van der Waals surface area (Å²) in [5.74, 6) is -0.123. The van der Waals surface area contributed by atoms with E-state index in [2.05, 4.69) is 0 Å². The zero-order valence-corrected chi connectivity index (χ0v) is 10.0. The van der Waals surface area contributed by atoms with Crippen molar-refractivity contribution in [3.05, 3.63) is 24.3 Å². The molecule has 0 saturated heterocycles. The number of hydrogen-bond donors (Lipinski definition) is 1. The van der Waals surface area contributed by atoms with Crippen molar-refractivity contribution in [2.45, 2.75) is 6.92 Å². The standard InChI is InChI=1S/C10H12N2O4S/c1-8(13)11-17(14,15)12-6-7-16-10-5-3-2-4-9(10)12/h2-5H,6-7H2,1H3,(H,11,13). The molecule has 0 aliphatic carbocycles. The average Bonchev–Trinajstić information content (AvgIpc) is 2.26. The van der Waals surface area contributed by atoms with E-state index in [4.69, 9.17) is 4.74 Å². The molecule has 0 radical (unpaired) electrons. The van der Waals surface area contributed by atoms with Crippen molar-refractivity contribution in [3.63, 3.8) is 0 Å². The van der Waals surface area contributed by atoms with Crippen molar-refractivity contribution >= 4 is 21.8 Å². The van der Waals surface area contributed by atoms with Crippen LogP contribution in [0.4, 0.5) is 5.69 Å². The smallest absolute Gasteiger partial charge is 0.326 e. The Labute approximate surface area is 99.4 Å². The van der Waals surface area contributed by atoms with Crippen LogP contribution in [-0.4, -0.2) is 27.5 Å². The molecule has 2 rings (SSSR count). The normalized spacial score (nSPS) is 14.8. The number of nitrogens with one attached hydrogen (secondary N) is 1. The maximum atomic E-state index is 11.9. The van der Waals surface area contributed by atoms with Gasteiger partial charge >= 0.3 is 10.2 Å². The molecule has 1 aliphatic heterocycles. The summed E-state index contributed by atoms with van der Waals surface area (Å²) in [6, 6.07) is 6.79. The first-order valence-corrected chi connectivity index (χ1v) is 6.47. The van der Waals surface area contributed by atoms with Gasteiger partial charge in [-0.05, 0) is 12.1 Å². The van der Waals surface area contributed by atoms with E-state index in [0.29, 0.717) is 11.4 Å². The predicted molar refractivity (Wildman–Crippen MR) is 62.0 cm³/mol. The van der Waals surface area contributed by atoms with Gasteiger partial charge < -0.3 is 4.74 Å². The maximum Gasteiger partial charge on any atom is 0.326 e. The second kappa shape index (κ2) is 4.25. The van der Waals surface area contributed by atoms with Gasteiger partial charge in [0.2, 0.25) is 5.91 Å². The summed E-state index contributed by atoms with van der Waals surface area (Å²) in [7, 11) is -3.84. The van der Waals surface area contributed by atoms with Crippen molar-refractivity contribution in [2.75, 3.05) is 17.5 Å². The molecule has 1 aliphatic rings. The fraction of sp³-hybridized carbons (Fsp3) is 0.300. The van der Waals surface area contributed by atoms with E-state index in [9.17, 15) is 13.2 Å². The highest BCUT2D eigenvalue weighted by Gasteiger charge is 2.28. The van der Waals surface area contributed by atoms with Crippen molar-refractivity contribution in [2.24, 2.45) is 0 Å². The Kier molecular flexibility index (Phi) is 2.93. The molecular weight excluding hydrogens is 244 g/mol. The second-order valence-corrected chi connectivity index (χ2v) is 5.15. The van der Waals surface area contributed by atoms with E-state index in [1.807, 2.05) is 4.72 Å². The molecule has 17 heavy (non-hydrogen) atoms. The monoisotopic (exact) mass is 256 g/mol. The number of amides is 1. The average molecular weight is 256 g/mol. The molecule has 1 N–H and O–H groups in total. The first-order valence-electron chi connectivity index (χ1n) is 5.03. The Morgan fingerprint density at radius 1 is 1.41 bits per heavy atom. The molecule has 6 nitrogen and oxygen atoms in total. The largest absolute Gasteiger partial charge is 0.489 e. The molecule has 1 aromatic rings. The van der Waals surface area contributed by atoms with Crippen LogP contribution < -0.4 is 13.8 Å². The van der Waals surface area contributed by atoms with Crippen molar-refractivity contribution in [1.82, 2.24) is 4.72 Å². The van der Waals surface area contributed by atoms with Crippen molar-refractivity contribution in [1.29, 1.82) is 0 Å². The zero-order chi connectivity index (χ0) is 12.5. The van der Waals surface area contributed by atoms with Crippen LogP contribution in [0.2, 0.25) is 0 Å². The van der Waals surface area contributed by atoms with E-state index < -0.39 is 16.1 Å². The number of fused-ring (bicyclic) bond motifs is 1. The lowest BCUT2D eigenvalue weighted by atomic mass is 10.2. The predicted octanol–water partition coefficient (Wildman–Crippen LogP) is 0.266. The molecule has 0 spiro atoms. The van der Waals surface area contributed by atoms with Crippen LogP contribution in [0.15, 0.2) is 24.3 Å². The third kappa shape index (κ3) is 2.33. The van der Waals surface area contributed by atoms with Crippen LogP contribution in [0, 0.1) is 0 Å². The maximum absolute atomic E-state index is 11.9. The fourth-order valence-corrected chi connectivity index (χ4v) is 2.83. The highest BCUT2D eigenvalue weighted by molar-refractivity contribution is 7.91. The van der Waals surface area contributed by atoms with Gasteiger partial charge in [-0.2, -0.15) is 8.42 Å². The summed E-state index contributed by atoms with van der Waals surface area (Å²) in [6.07, 6.45) is 0. The van der Waals surface area contributed by atoms with E-state index in [-0.39, 0.29) is 13.2 Å². The molecule has 0 aromatic heterocycles. The Balaban J connectivity index is 2.39. The molecule has 1 heterocycles. The first kappa shape index (κ1) is 11.7. The molecule has 0 unspecified atom stereocenters. The van der Waals surface area contributed by atoms with Gasteiger partial charge in [0.25, 0.3) is 0 Å². The molecule has 1 aromatic carbocycles. The third-order valence-corrected chi connectivity index (χ3v) is 3.75. The lowest BCUT2D eigenvalue weighted by Gasteiger charge is -2.29. The lowest BCUT2D eigenvalue weighted by Crippen LogP contribution is -2.46. The summed E-state index contributed by atoms with van der Waals surface area (Å²) in [4.78, 5) is 10.9. The van der Waals surface area contributed by atoms with Gasteiger partial charge in [0.15, 0.2) is 0 Å². The minimum absolute atomic E-state index is 0.180. The number of benzene rings is 1. The summed E-state index contributed by atoms with van der Waals surface area (Å²) in [5.41, 5.74) is 0.438. The number of anilines is 1. The number of ether oxygens (including phenoxy) is 1. The minimum Gasteiger partial charge on any atom is -0.489 e. The van der Waals surface area contributed by atoms with E-state index in [0.717, 1.165) is 11.2 Å².